The van der Waals surface area contributed by atoms with Crippen molar-refractivity contribution in [2.45, 2.75) is 38.4 Å². The molecule has 1 fully saturated rings. The molecule has 7 heteroatoms. The van der Waals surface area contributed by atoms with E-state index in [0.717, 1.165) is 24.6 Å². The van der Waals surface area contributed by atoms with Gasteiger partial charge in [-0.2, -0.15) is 5.10 Å². The summed E-state index contributed by atoms with van der Waals surface area (Å²) in [5.74, 6) is 0.676. The second-order valence-corrected chi connectivity index (χ2v) is 7.66. The molecule has 1 N–H and O–H groups in total. The number of aromatic nitrogens is 5. The first-order valence-corrected chi connectivity index (χ1v) is 9.80. The van der Waals surface area contributed by atoms with Gasteiger partial charge in [0.15, 0.2) is 4.96 Å². The minimum Gasteiger partial charge on any atom is -0.307 e. The zero-order chi connectivity index (χ0) is 17.3. The fourth-order valence-corrected chi connectivity index (χ4v) is 4.04. The number of thiazole rings is 1. The van der Waals surface area contributed by atoms with E-state index < -0.39 is 0 Å². The monoisotopic (exact) mass is 364 g/mol. The van der Waals surface area contributed by atoms with Crippen molar-refractivity contribution < 1.29 is 0 Å². The molecule has 0 spiro atoms. The Labute approximate surface area is 155 Å². The zero-order valence-electron chi connectivity index (χ0n) is 14.4. The Morgan fingerprint density at radius 2 is 1.96 bits per heavy atom. The van der Waals surface area contributed by atoms with Gasteiger partial charge in [-0.1, -0.05) is 24.3 Å². The van der Waals surface area contributed by atoms with Crippen LogP contribution < -0.4 is 5.32 Å². The van der Waals surface area contributed by atoms with E-state index in [1.807, 2.05) is 4.68 Å². The molecule has 4 aromatic rings. The molecule has 1 aliphatic carbocycles. The highest BCUT2D eigenvalue weighted by Gasteiger charge is 2.30. The Morgan fingerprint density at radius 1 is 1.12 bits per heavy atom. The molecule has 1 saturated carbocycles. The van der Waals surface area contributed by atoms with Crippen LogP contribution in [0.2, 0.25) is 0 Å². The molecule has 0 aliphatic heterocycles. The van der Waals surface area contributed by atoms with Crippen LogP contribution in [0.3, 0.4) is 0 Å². The first-order valence-electron chi connectivity index (χ1n) is 8.92. The van der Waals surface area contributed by atoms with Gasteiger partial charge in [-0.15, -0.1) is 11.3 Å². The fraction of sp³-hybridized carbons (Fsp3) is 0.316. The molecule has 132 valence electrons. The van der Waals surface area contributed by atoms with E-state index in [2.05, 4.69) is 55.6 Å². The van der Waals surface area contributed by atoms with E-state index in [1.165, 1.54) is 35.4 Å². The molecule has 0 bridgehead atoms. The summed E-state index contributed by atoms with van der Waals surface area (Å²) in [6, 6.07) is 8.67. The predicted molar refractivity (Wildman–Crippen MR) is 101 cm³/mol. The van der Waals surface area contributed by atoms with Crippen molar-refractivity contribution in [3.8, 4) is 0 Å². The molecule has 6 nitrogen and oxygen atoms in total. The predicted octanol–water partition coefficient (Wildman–Crippen LogP) is 3.20. The van der Waals surface area contributed by atoms with Crippen LogP contribution in [0.25, 0.3) is 4.96 Å². The smallest absolute Gasteiger partial charge is 0.194 e. The van der Waals surface area contributed by atoms with Crippen LogP contribution in [0, 0.1) is 0 Å². The average molecular weight is 364 g/mol. The topological polar surface area (TPSA) is 60.0 Å². The van der Waals surface area contributed by atoms with E-state index in [0.29, 0.717) is 5.92 Å². The van der Waals surface area contributed by atoms with E-state index in [9.17, 15) is 0 Å². The van der Waals surface area contributed by atoms with Gasteiger partial charge in [0, 0.05) is 30.6 Å². The maximum atomic E-state index is 4.84. The lowest BCUT2D eigenvalue weighted by molar-refractivity contribution is 0.666. The number of fused-ring (bicyclic) bond motifs is 1. The van der Waals surface area contributed by atoms with Crippen LogP contribution in [-0.2, 0) is 19.6 Å². The molecule has 0 amide bonds. The molecule has 26 heavy (non-hydrogen) atoms. The Morgan fingerprint density at radius 3 is 2.73 bits per heavy atom. The van der Waals surface area contributed by atoms with Crippen molar-refractivity contribution in [2.24, 2.45) is 0 Å². The van der Waals surface area contributed by atoms with Crippen molar-refractivity contribution in [2.75, 3.05) is 0 Å². The molecule has 5 rings (SSSR count). The molecule has 1 aromatic carbocycles. The average Bonchev–Trinajstić information content (AvgIpc) is 3.05. The lowest BCUT2D eigenvalue weighted by Gasteiger charge is -2.08. The lowest BCUT2D eigenvalue weighted by Crippen LogP contribution is -2.15. The van der Waals surface area contributed by atoms with Crippen molar-refractivity contribution in [1.29, 1.82) is 0 Å². The highest BCUT2D eigenvalue weighted by atomic mass is 32.1. The van der Waals surface area contributed by atoms with Gasteiger partial charge in [0.25, 0.3) is 0 Å². The molecule has 0 radical (unpaired) electrons. The van der Waals surface area contributed by atoms with E-state index in [1.54, 1.807) is 24.0 Å². The summed E-state index contributed by atoms with van der Waals surface area (Å²) in [4.78, 5) is 9.93. The van der Waals surface area contributed by atoms with Crippen LogP contribution in [0.1, 0.15) is 41.3 Å². The standard InChI is InChI=1S/C19H20N6S/c1-3-15(11-24-13-21-12-22-24)4-2-14(1)9-20-10-17-18(16-5-6-16)23-19-25(17)7-8-26-19/h1-4,7-8,12-13,16,20H,5-6,9-11H2. The third kappa shape index (κ3) is 3.15. The minimum atomic E-state index is 0.676. The third-order valence-electron chi connectivity index (χ3n) is 4.81. The van der Waals surface area contributed by atoms with Crippen LogP contribution in [0.4, 0.5) is 0 Å². The van der Waals surface area contributed by atoms with E-state index >= 15 is 0 Å². The first-order chi connectivity index (χ1) is 12.9. The van der Waals surface area contributed by atoms with Crippen molar-refractivity contribution in [3.05, 3.63) is 71.0 Å². The second kappa shape index (κ2) is 6.66. The zero-order valence-corrected chi connectivity index (χ0v) is 15.2. The lowest BCUT2D eigenvalue weighted by atomic mass is 10.1. The van der Waals surface area contributed by atoms with Gasteiger partial charge in [-0.3, -0.25) is 4.40 Å². The summed E-state index contributed by atoms with van der Waals surface area (Å²) in [7, 11) is 0. The quantitative estimate of drug-likeness (QED) is 0.547. The van der Waals surface area contributed by atoms with Gasteiger partial charge in [0.05, 0.1) is 17.9 Å². The second-order valence-electron chi connectivity index (χ2n) is 6.79. The number of nitrogens with zero attached hydrogens (tertiary/aromatic N) is 5. The maximum absolute atomic E-state index is 4.84. The first kappa shape index (κ1) is 15.7. The van der Waals surface area contributed by atoms with Crippen LogP contribution in [0.5, 0.6) is 0 Å². The molecule has 1 aliphatic rings. The number of hydrogen-bond donors (Lipinski definition) is 1. The van der Waals surface area contributed by atoms with Gasteiger partial charge in [0.1, 0.15) is 12.7 Å². The Bertz CT molecular complexity index is 995. The largest absolute Gasteiger partial charge is 0.307 e. The summed E-state index contributed by atoms with van der Waals surface area (Å²) in [5.41, 5.74) is 5.14. The van der Waals surface area contributed by atoms with Gasteiger partial charge >= 0.3 is 0 Å². The summed E-state index contributed by atoms with van der Waals surface area (Å²) in [6.45, 7) is 2.46. The molecule has 0 saturated heterocycles. The van der Waals surface area contributed by atoms with Crippen LogP contribution in [0.15, 0.2) is 48.5 Å². The van der Waals surface area contributed by atoms with Gasteiger partial charge in [-0.05, 0) is 24.0 Å². The van der Waals surface area contributed by atoms with Gasteiger partial charge in [0.2, 0.25) is 0 Å². The minimum absolute atomic E-state index is 0.676. The number of benzene rings is 1. The number of hydrogen-bond acceptors (Lipinski definition) is 5. The highest BCUT2D eigenvalue weighted by Crippen LogP contribution is 2.41. The van der Waals surface area contributed by atoms with E-state index in [-0.39, 0.29) is 0 Å². The Hall–Kier alpha value is -2.51. The molecule has 3 aromatic heterocycles. The summed E-state index contributed by atoms with van der Waals surface area (Å²) >= 11 is 1.71. The molecule has 0 unspecified atom stereocenters. The normalized spacial score (nSPS) is 14.3. The molecule has 0 atom stereocenters. The summed E-state index contributed by atoms with van der Waals surface area (Å²) in [6.07, 6.45) is 8.00. The van der Waals surface area contributed by atoms with Crippen molar-refractivity contribution in [1.82, 2.24) is 29.5 Å². The molecular formula is C19H20N6S. The molecule has 3 heterocycles. The number of rotatable bonds is 7. The van der Waals surface area contributed by atoms with Gasteiger partial charge < -0.3 is 5.32 Å². The molecular weight excluding hydrogens is 344 g/mol. The maximum Gasteiger partial charge on any atom is 0.194 e. The number of nitrogens with one attached hydrogen (secondary N) is 1. The van der Waals surface area contributed by atoms with Crippen molar-refractivity contribution >= 4 is 16.3 Å². The van der Waals surface area contributed by atoms with Crippen molar-refractivity contribution in [3.63, 3.8) is 0 Å². The fourth-order valence-electron chi connectivity index (χ4n) is 3.30. The third-order valence-corrected chi connectivity index (χ3v) is 5.57. The Kier molecular flexibility index (Phi) is 4.03. The van der Waals surface area contributed by atoms with Crippen LogP contribution in [-0.4, -0.2) is 24.1 Å². The highest BCUT2D eigenvalue weighted by molar-refractivity contribution is 7.15. The summed E-state index contributed by atoms with van der Waals surface area (Å²) in [5, 5.41) is 9.84. The summed E-state index contributed by atoms with van der Waals surface area (Å²) < 4.78 is 4.07. The Balaban J connectivity index is 1.23. The van der Waals surface area contributed by atoms with Crippen LogP contribution >= 0.6 is 11.3 Å². The van der Waals surface area contributed by atoms with E-state index in [4.69, 9.17) is 4.98 Å². The SMILES string of the molecule is c1ncn(Cc2ccc(CNCc3c(C4CC4)nc4sccn34)cc2)n1. The van der Waals surface area contributed by atoms with Gasteiger partial charge in [-0.25, -0.2) is 14.6 Å². The number of imidazole rings is 1.